The summed E-state index contributed by atoms with van der Waals surface area (Å²) in [7, 11) is 4.70. The molecule has 0 bridgehead atoms. The summed E-state index contributed by atoms with van der Waals surface area (Å²) in [5, 5.41) is 5.68. The number of benzene rings is 1. The minimum Gasteiger partial charge on any atom is -0.496 e. The van der Waals surface area contributed by atoms with E-state index in [2.05, 4.69) is 15.3 Å². The number of rotatable bonds is 8. The highest BCUT2D eigenvalue weighted by Gasteiger charge is 2.13. The van der Waals surface area contributed by atoms with Crippen molar-refractivity contribution >= 4 is 39.2 Å². The lowest BCUT2D eigenvalue weighted by Gasteiger charge is -2.14. The predicted molar refractivity (Wildman–Crippen MR) is 106 cm³/mol. The number of carbonyl (C=O) groups excluding carboxylic acids is 1. The first-order valence-corrected chi connectivity index (χ1v) is 9.89. The van der Waals surface area contributed by atoms with Crippen molar-refractivity contribution in [1.82, 2.24) is 15.3 Å². The zero-order valence-electron chi connectivity index (χ0n) is 15.1. The van der Waals surface area contributed by atoms with Gasteiger partial charge in [0.25, 0.3) is 0 Å². The molecule has 0 unspecified atom stereocenters. The Labute approximate surface area is 165 Å². The number of thiophene rings is 1. The minimum atomic E-state index is -0.0971. The largest absolute Gasteiger partial charge is 0.496 e. The molecule has 1 N–H and O–H groups in total. The monoisotopic (exact) mass is 405 g/mol. The van der Waals surface area contributed by atoms with Crippen LogP contribution in [0.15, 0.2) is 34.9 Å². The van der Waals surface area contributed by atoms with Crippen LogP contribution in [-0.4, -0.2) is 43.0 Å². The number of nitrogens with zero attached hydrogens (tertiary/aromatic N) is 2. The highest BCUT2D eigenvalue weighted by Crippen LogP contribution is 2.34. The number of aromatic nitrogens is 2. The molecule has 3 rings (SSSR count). The summed E-state index contributed by atoms with van der Waals surface area (Å²) in [4.78, 5) is 20.7. The van der Waals surface area contributed by atoms with Crippen LogP contribution in [0.1, 0.15) is 5.56 Å². The van der Waals surface area contributed by atoms with E-state index in [1.807, 2.05) is 11.4 Å². The minimum absolute atomic E-state index is 0.0971. The van der Waals surface area contributed by atoms with Crippen molar-refractivity contribution in [1.29, 1.82) is 0 Å². The summed E-state index contributed by atoms with van der Waals surface area (Å²) in [5.41, 5.74) is 1.70. The van der Waals surface area contributed by atoms with Crippen LogP contribution in [0.5, 0.6) is 17.2 Å². The van der Waals surface area contributed by atoms with Crippen LogP contribution in [0.4, 0.5) is 0 Å². The zero-order valence-corrected chi connectivity index (χ0v) is 16.8. The first-order valence-electron chi connectivity index (χ1n) is 8.02. The van der Waals surface area contributed by atoms with E-state index in [0.717, 1.165) is 20.8 Å². The van der Waals surface area contributed by atoms with E-state index < -0.39 is 0 Å². The summed E-state index contributed by atoms with van der Waals surface area (Å²) in [6, 6.07) is 5.48. The van der Waals surface area contributed by atoms with Crippen molar-refractivity contribution in [2.24, 2.45) is 0 Å². The molecule has 0 aliphatic rings. The molecule has 3 aromatic rings. The number of hydrogen-bond acceptors (Lipinski definition) is 8. The molecule has 0 fully saturated rings. The summed E-state index contributed by atoms with van der Waals surface area (Å²) >= 11 is 2.96. The maximum atomic E-state index is 12.3. The Morgan fingerprint density at radius 3 is 2.59 bits per heavy atom. The van der Waals surface area contributed by atoms with E-state index in [1.165, 1.54) is 18.1 Å². The molecule has 0 spiro atoms. The van der Waals surface area contributed by atoms with Gasteiger partial charge >= 0.3 is 0 Å². The van der Waals surface area contributed by atoms with Gasteiger partial charge in [0.2, 0.25) is 5.91 Å². The van der Waals surface area contributed by atoms with E-state index in [1.54, 1.807) is 44.8 Å². The standard InChI is InChI=1S/C18H19N3O4S2/c1-23-13-7-15(25-3)14(24-2)6-11(13)8-19-16(22)9-27-18-17-12(4-5-26-17)20-10-21-18/h4-7,10H,8-9H2,1-3H3,(H,19,22). The van der Waals surface area contributed by atoms with Gasteiger partial charge in [-0.05, 0) is 17.5 Å². The molecule has 142 valence electrons. The normalized spacial score (nSPS) is 10.6. The molecule has 0 aliphatic heterocycles. The Morgan fingerprint density at radius 2 is 1.85 bits per heavy atom. The number of ether oxygens (including phenoxy) is 3. The van der Waals surface area contributed by atoms with Crippen molar-refractivity contribution in [2.75, 3.05) is 27.1 Å². The molecule has 9 heteroatoms. The fourth-order valence-corrected chi connectivity index (χ4v) is 4.25. The van der Waals surface area contributed by atoms with Gasteiger partial charge in [0.05, 0.1) is 37.3 Å². The van der Waals surface area contributed by atoms with E-state index in [9.17, 15) is 4.79 Å². The third-order valence-corrected chi connectivity index (χ3v) is 5.84. The summed E-state index contributed by atoms with van der Waals surface area (Å²) in [5.74, 6) is 1.94. The molecule has 27 heavy (non-hydrogen) atoms. The predicted octanol–water partition coefficient (Wildman–Crippen LogP) is 3.13. The molecular weight excluding hydrogens is 386 g/mol. The van der Waals surface area contributed by atoms with Crippen LogP contribution in [-0.2, 0) is 11.3 Å². The average molecular weight is 406 g/mol. The molecule has 1 aromatic carbocycles. The number of fused-ring (bicyclic) bond motifs is 1. The van der Waals surface area contributed by atoms with Crippen molar-refractivity contribution in [2.45, 2.75) is 11.6 Å². The van der Waals surface area contributed by atoms with Crippen molar-refractivity contribution < 1.29 is 19.0 Å². The molecular formula is C18H19N3O4S2. The Hall–Kier alpha value is -2.52. The lowest BCUT2D eigenvalue weighted by atomic mass is 10.1. The van der Waals surface area contributed by atoms with E-state index in [0.29, 0.717) is 23.8 Å². The first-order chi connectivity index (χ1) is 13.2. The van der Waals surface area contributed by atoms with Crippen LogP contribution in [0, 0.1) is 0 Å². The number of nitrogens with one attached hydrogen (secondary N) is 1. The quantitative estimate of drug-likeness (QED) is 0.455. The lowest BCUT2D eigenvalue weighted by Crippen LogP contribution is -2.24. The second-order valence-electron chi connectivity index (χ2n) is 5.40. The van der Waals surface area contributed by atoms with Crippen LogP contribution in [0.2, 0.25) is 0 Å². The van der Waals surface area contributed by atoms with Gasteiger partial charge in [0.1, 0.15) is 17.1 Å². The van der Waals surface area contributed by atoms with Gasteiger partial charge in [0.15, 0.2) is 11.5 Å². The van der Waals surface area contributed by atoms with Crippen molar-refractivity contribution in [3.63, 3.8) is 0 Å². The van der Waals surface area contributed by atoms with Crippen LogP contribution >= 0.6 is 23.1 Å². The number of hydrogen-bond donors (Lipinski definition) is 1. The average Bonchev–Trinajstić information content (AvgIpc) is 3.19. The highest BCUT2D eigenvalue weighted by molar-refractivity contribution is 8.00. The van der Waals surface area contributed by atoms with Gasteiger partial charge in [-0.1, -0.05) is 11.8 Å². The van der Waals surface area contributed by atoms with Gasteiger partial charge in [-0.25, -0.2) is 9.97 Å². The highest BCUT2D eigenvalue weighted by atomic mass is 32.2. The summed E-state index contributed by atoms with van der Waals surface area (Å²) in [6.07, 6.45) is 1.52. The third-order valence-electron chi connectivity index (χ3n) is 3.81. The zero-order chi connectivity index (χ0) is 19.2. The summed E-state index contributed by atoms with van der Waals surface area (Å²) in [6.45, 7) is 0.321. The fourth-order valence-electron chi connectivity index (χ4n) is 2.48. The topological polar surface area (TPSA) is 82.6 Å². The molecule has 1 amide bonds. The molecule has 0 radical (unpaired) electrons. The fraction of sp³-hybridized carbons (Fsp3) is 0.278. The van der Waals surface area contributed by atoms with Crippen molar-refractivity contribution in [3.05, 3.63) is 35.5 Å². The maximum absolute atomic E-state index is 12.3. The van der Waals surface area contributed by atoms with Crippen LogP contribution in [0.3, 0.4) is 0 Å². The number of amides is 1. The Bertz CT molecular complexity index is 946. The Kier molecular flexibility index (Phi) is 6.36. The second-order valence-corrected chi connectivity index (χ2v) is 7.28. The van der Waals surface area contributed by atoms with E-state index in [-0.39, 0.29) is 11.7 Å². The van der Waals surface area contributed by atoms with Gasteiger partial charge < -0.3 is 19.5 Å². The molecule has 0 atom stereocenters. The van der Waals surface area contributed by atoms with Crippen molar-refractivity contribution in [3.8, 4) is 17.2 Å². The van der Waals surface area contributed by atoms with Gasteiger partial charge in [-0.2, -0.15) is 0 Å². The molecule has 7 nitrogen and oxygen atoms in total. The molecule has 2 aromatic heterocycles. The molecule has 0 aliphatic carbocycles. The number of methoxy groups -OCH3 is 3. The summed E-state index contributed by atoms with van der Waals surface area (Å²) < 4.78 is 17.0. The molecule has 0 saturated carbocycles. The molecule has 0 saturated heterocycles. The smallest absolute Gasteiger partial charge is 0.230 e. The van der Waals surface area contributed by atoms with E-state index >= 15 is 0 Å². The van der Waals surface area contributed by atoms with Gasteiger partial charge in [0, 0.05) is 18.2 Å². The van der Waals surface area contributed by atoms with Crippen LogP contribution in [0.25, 0.3) is 10.2 Å². The first kappa shape index (κ1) is 19.2. The van der Waals surface area contributed by atoms with Gasteiger partial charge in [-0.3, -0.25) is 4.79 Å². The third kappa shape index (κ3) is 4.42. The second kappa shape index (κ2) is 8.92. The number of thioether (sulfide) groups is 1. The lowest BCUT2D eigenvalue weighted by molar-refractivity contribution is -0.118. The van der Waals surface area contributed by atoms with Gasteiger partial charge in [-0.15, -0.1) is 11.3 Å². The van der Waals surface area contributed by atoms with E-state index in [4.69, 9.17) is 14.2 Å². The SMILES string of the molecule is COc1cc(OC)c(OC)cc1CNC(=O)CSc1ncnc2ccsc12. The molecule has 2 heterocycles. The van der Waals surface area contributed by atoms with Crippen LogP contribution < -0.4 is 19.5 Å². The maximum Gasteiger partial charge on any atom is 0.230 e. The Morgan fingerprint density at radius 1 is 1.11 bits per heavy atom. The Balaban J connectivity index is 1.63. The number of carbonyl (C=O) groups is 1.